The molecule has 0 aliphatic heterocycles. The summed E-state index contributed by atoms with van der Waals surface area (Å²) in [5, 5.41) is 12.3. The SMILES string of the molecule is COc1cccc(CCN(CCC(=O)O)C(=O)c2ccccc2-c2ccccc2C(=O)NCc2ccccn2)c1OC. The van der Waals surface area contributed by atoms with Gasteiger partial charge in [0.05, 0.1) is 32.9 Å². The highest BCUT2D eigenvalue weighted by molar-refractivity contribution is 6.06. The second-order valence-corrected chi connectivity index (χ2v) is 9.43. The highest BCUT2D eigenvalue weighted by atomic mass is 16.5. The van der Waals surface area contributed by atoms with Gasteiger partial charge in [0.1, 0.15) is 0 Å². The molecule has 0 atom stereocenters. The number of pyridine rings is 1. The minimum absolute atomic E-state index is 0.0149. The molecule has 1 heterocycles. The molecule has 0 saturated carbocycles. The summed E-state index contributed by atoms with van der Waals surface area (Å²) in [6, 6.07) is 25.1. The van der Waals surface area contributed by atoms with Gasteiger partial charge in [0, 0.05) is 30.4 Å². The maximum Gasteiger partial charge on any atom is 0.305 e. The number of methoxy groups -OCH3 is 2. The van der Waals surface area contributed by atoms with Crippen LogP contribution >= 0.6 is 0 Å². The Balaban J connectivity index is 1.63. The third-order valence-corrected chi connectivity index (χ3v) is 6.79. The van der Waals surface area contributed by atoms with Crippen LogP contribution in [-0.2, 0) is 17.8 Å². The standard InChI is InChI=1S/C33H33N3O6/c1-41-29-16-9-10-23(31(29)42-2)17-20-36(21-18-30(37)38)33(40)28-15-6-4-13-26(28)25-12-3-5-14-27(25)32(39)35-22-24-11-7-8-19-34-24/h3-16,19H,17-18,20-22H2,1-2H3,(H,35,39)(H,37,38). The van der Waals surface area contributed by atoms with Crippen molar-refractivity contribution >= 4 is 17.8 Å². The molecule has 216 valence electrons. The number of carboxylic acids is 1. The van der Waals surface area contributed by atoms with Gasteiger partial charge in [0.15, 0.2) is 11.5 Å². The molecule has 0 unspecified atom stereocenters. The van der Waals surface area contributed by atoms with Crippen LogP contribution in [-0.4, -0.2) is 60.1 Å². The van der Waals surface area contributed by atoms with Gasteiger partial charge >= 0.3 is 5.97 Å². The van der Waals surface area contributed by atoms with Crippen molar-refractivity contribution in [3.63, 3.8) is 0 Å². The molecule has 2 amide bonds. The van der Waals surface area contributed by atoms with Crippen LogP contribution in [0, 0.1) is 0 Å². The molecule has 0 bridgehead atoms. The van der Waals surface area contributed by atoms with Crippen molar-refractivity contribution < 1.29 is 29.0 Å². The third-order valence-electron chi connectivity index (χ3n) is 6.79. The third kappa shape index (κ3) is 7.31. The van der Waals surface area contributed by atoms with Gasteiger partial charge in [-0.15, -0.1) is 0 Å². The molecule has 9 nitrogen and oxygen atoms in total. The van der Waals surface area contributed by atoms with E-state index in [0.29, 0.717) is 40.2 Å². The smallest absolute Gasteiger partial charge is 0.305 e. The number of rotatable bonds is 13. The number of aromatic nitrogens is 1. The summed E-state index contributed by atoms with van der Waals surface area (Å²) in [6.07, 6.45) is 1.87. The largest absolute Gasteiger partial charge is 0.493 e. The second-order valence-electron chi connectivity index (χ2n) is 9.43. The van der Waals surface area contributed by atoms with E-state index in [1.165, 1.54) is 4.90 Å². The lowest BCUT2D eigenvalue weighted by atomic mass is 9.94. The van der Waals surface area contributed by atoms with Gasteiger partial charge in [0.2, 0.25) is 0 Å². The van der Waals surface area contributed by atoms with Gasteiger partial charge in [-0.2, -0.15) is 0 Å². The van der Waals surface area contributed by atoms with Gasteiger partial charge in [-0.05, 0) is 53.4 Å². The first-order valence-corrected chi connectivity index (χ1v) is 13.5. The van der Waals surface area contributed by atoms with Gasteiger partial charge < -0.3 is 24.8 Å². The fraction of sp³-hybridized carbons (Fsp3) is 0.212. The van der Waals surface area contributed by atoms with Gasteiger partial charge in [-0.1, -0.05) is 54.6 Å². The summed E-state index contributed by atoms with van der Waals surface area (Å²) in [4.78, 5) is 44.5. The van der Waals surface area contributed by atoms with E-state index in [-0.39, 0.29) is 37.9 Å². The lowest BCUT2D eigenvalue weighted by molar-refractivity contribution is -0.137. The number of benzene rings is 3. The zero-order chi connectivity index (χ0) is 29.9. The van der Waals surface area contributed by atoms with Crippen molar-refractivity contribution in [2.24, 2.45) is 0 Å². The fourth-order valence-electron chi connectivity index (χ4n) is 4.71. The van der Waals surface area contributed by atoms with Gasteiger partial charge in [-0.3, -0.25) is 19.4 Å². The second kappa shape index (κ2) is 14.5. The van der Waals surface area contributed by atoms with E-state index in [1.807, 2.05) is 36.4 Å². The molecule has 0 spiro atoms. The van der Waals surface area contributed by atoms with Crippen LogP contribution in [0.2, 0.25) is 0 Å². The maximum atomic E-state index is 14.0. The molecular formula is C33H33N3O6. The summed E-state index contributed by atoms with van der Waals surface area (Å²) in [6.45, 7) is 0.516. The number of hydrogen-bond donors (Lipinski definition) is 2. The Kier molecular flexibility index (Phi) is 10.3. The predicted molar refractivity (Wildman–Crippen MR) is 159 cm³/mol. The van der Waals surface area contributed by atoms with Crippen LogP contribution in [0.4, 0.5) is 0 Å². The molecule has 0 aliphatic carbocycles. The molecule has 4 rings (SSSR count). The van der Waals surface area contributed by atoms with Crippen LogP contribution in [0.25, 0.3) is 11.1 Å². The number of nitrogens with one attached hydrogen (secondary N) is 1. The summed E-state index contributed by atoms with van der Waals surface area (Å²) in [7, 11) is 3.10. The number of hydrogen-bond acceptors (Lipinski definition) is 6. The lowest BCUT2D eigenvalue weighted by Crippen LogP contribution is -2.35. The Morgan fingerprint density at radius 2 is 1.50 bits per heavy atom. The first kappa shape index (κ1) is 29.8. The minimum Gasteiger partial charge on any atom is -0.493 e. The first-order valence-electron chi connectivity index (χ1n) is 13.5. The van der Waals surface area contributed by atoms with Crippen molar-refractivity contribution in [1.29, 1.82) is 0 Å². The van der Waals surface area contributed by atoms with Crippen LogP contribution in [0.1, 0.15) is 38.4 Å². The van der Waals surface area contributed by atoms with Crippen LogP contribution < -0.4 is 14.8 Å². The normalized spacial score (nSPS) is 10.5. The fourth-order valence-corrected chi connectivity index (χ4v) is 4.71. The zero-order valence-corrected chi connectivity index (χ0v) is 23.6. The molecule has 3 aromatic carbocycles. The molecular weight excluding hydrogens is 534 g/mol. The zero-order valence-electron chi connectivity index (χ0n) is 23.6. The van der Waals surface area contributed by atoms with Crippen LogP contribution in [0.3, 0.4) is 0 Å². The van der Waals surface area contributed by atoms with Gasteiger partial charge in [-0.25, -0.2) is 0 Å². The highest BCUT2D eigenvalue weighted by Gasteiger charge is 2.23. The number of ether oxygens (including phenoxy) is 2. The number of aliphatic carboxylic acids is 1. The van der Waals surface area contributed by atoms with Crippen molar-refractivity contribution in [2.75, 3.05) is 27.3 Å². The van der Waals surface area contributed by atoms with E-state index in [0.717, 1.165) is 11.3 Å². The quantitative estimate of drug-likeness (QED) is 0.237. The number of carbonyl (C=O) groups is 3. The summed E-state index contributed by atoms with van der Waals surface area (Å²) >= 11 is 0. The van der Waals surface area contributed by atoms with E-state index in [4.69, 9.17) is 9.47 Å². The van der Waals surface area contributed by atoms with Crippen LogP contribution in [0.15, 0.2) is 91.1 Å². The monoisotopic (exact) mass is 567 g/mol. The Labute approximate surface area is 244 Å². The Bertz CT molecular complexity index is 1540. The van der Waals surface area contributed by atoms with E-state index in [2.05, 4.69) is 10.3 Å². The first-order chi connectivity index (χ1) is 20.4. The molecule has 4 aromatic rings. The van der Waals surface area contributed by atoms with E-state index in [9.17, 15) is 19.5 Å². The topological polar surface area (TPSA) is 118 Å². The van der Waals surface area contributed by atoms with Crippen molar-refractivity contribution in [1.82, 2.24) is 15.2 Å². The maximum absolute atomic E-state index is 14.0. The number of para-hydroxylation sites is 1. The number of carboxylic acid groups (broad SMARTS) is 1. The van der Waals surface area contributed by atoms with E-state index < -0.39 is 5.97 Å². The number of carbonyl (C=O) groups excluding carboxylic acids is 2. The van der Waals surface area contributed by atoms with Crippen molar-refractivity contribution in [3.05, 3.63) is 114 Å². The van der Waals surface area contributed by atoms with Crippen LogP contribution in [0.5, 0.6) is 11.5 Å². The van der Waals surface area contributed by atoms with Crippen molar-refractivity contribution in [3.8, 4) is 22.6 Å². The summed E-state index contributed by atoms with van der Waals surface area (Å²) in [5.41, 5.74) is 3.49. The summed E-state index contributed by atoms with van der Waals surface area (Å²) in [5.74, 6) is -0.503. The number of nitrogens with zero attached hydrogens (tertiary/aromatic N) is 2. The predicted octanol–water partition coefficient (Wildman–Crippen LogP) is 4.86. The minimum atomic E-state index is -1.00. The molecule has 9 heteroatoms. The summed E-state index contributed by atoms with van der Waals surface area (Å²) < 4.78 is 10.9. The number of amides is 2. The molecule has 2 N–H and O–H groups in total. The average molecular weight is 568 g/mol. The molecule has 0 radical (unpaired) electrons. The van der Waals surface area contributed by atoms with Gasteiger partial charge in [0.25, 0.3) is 11.8 Å². The van der Waals surface area contributed by atoms with Crippen molar-refractivity contribution in [2.45, 2.75) is 19.4 Å². The molecule has 42 heavy (non-hydrogen) atoms. The van der Waals surface area contributed by atoms with E-state index >= 15 is 0 Å². The molecule has 1 aromatic heterocycles. The molecule has 0 fully saturated rings. The molecule has 0 aliphatic rings. The molecule has 0 saturated heterocycles. The Morgan fingerprint density at radius 3 is 2.17 bits per heavy atom. The Hall–Kier alpha value is -5.18. The van der Waals surface area contributed by atoms with E-state index in [1.54, 1.807) is 68.9 Å². The average Bonchev–Trinajstić information content (AvgIpc) is 3.03. The Morgan fingerprint density at radius 1 is 0.810 bits per heavy atom. The lowest BCUT2D eigenvalue weighted by Gasteiger charge is -2.24. The highest BCUT2D eigenvalue weighted by Crippen LogP contribution is 2.32.